The van der Waals surface area contributed by atoms with Crippen LogP contribution in [0.25, 0.3) is 0 Å². The molecule has 0 spiro atoms. The molecular weight excluding hydrogens is 346 g/mol. The van der Waals surface area contributed by atoms with E-state index in [4.69, 9.17) is 0 Å². The van der Waals surface area contributed by atoms with E-state index in [1.54, 1.807) is 0 Å². The minimum Gasteiger partial charge on any atom is -0.349 e. The highest BCUT2D eigenvalue weighted by Crippen LogP contribution is 2.22. The fourth-order valence-corrected chi connectivity index (χ4v) is 4.01. The van der Waals surface area contributed by atoms with Gasteiger partial charge in [0.1, 0.15) is 0 Å². The first-order valence-corrected chi connectivity index (χ1v) is 9.94. The molecule has 146 valence electrons. The summed E-state index contributed by atoms with van der Waals surface area (Å²) in [5, 5.41) is 17.2. The van der Waals surface area contributed by atoms with Crippen molar-refractivity contribution in [3.63, 3.8) is 0 Å². The monoisotopic (exact) mass is 373 g/mol. The molecule has 2 aliphatic rings. The van der Waals surface area contributed by atoms with Crippen molar-refractivity contribution in [3.05, 3.63) is 39.4 Å². The number of hydrogen-bond acceptors (Lipinski definition) is 4. The summed E-state index contributed by atoms with van der Waals surface area (Å²) in [5.74, 6) is -0.699. The van der Waals surface area contributed by atoms with Crippen LogP contribution in [0.3, 0.4) is 0 Å². The van der Waals surface area contributed by atoms with E-state index in [0.717, 1.165) is 51.4 Å². The number of nitrogens with one attached hydrogen (secondary N) is 2. The fraction of sp³-hybridized carbons (Fsp3) is 0.600. The molecule has 0 aromatic heterocycles. The SMILES string of the molecule is O=C(NC1CCCCC1)c1cc(C(=O)NC2CCCCC2)cc([N+](=O)[O-])c1. The van der Waals surface area contributed by atoms with E-state index in [1.165, 1.54) is 31.0 Å². The van der Waals surface area contributed by atoms with Gasteiger partial charge in [-0.2, -0.15) is 0 Å². The number of amides is 2. The van der Waals surface area contributed by atoms with Crippen molar-refractivity contribution < 1.29 is 14.5 Å². The lowest BCUT2D eigenvalue weighted by molar-refractivity contribution is -0.384. The highest BCUT2D eigenvalue weighted by molar-refractivity contribution is 6.00. The molecule has 0 atom stereocenters. The van der Waals surface area contributed by atoms with Gasteiger partial charge in [0.25, 0.3) is 17.5 Å². The first kappa shape index (κ1) is 19.3. The molecule has 2 saturated carbocycles. The minimum absolute atomic E-state index is 0.102. The van der Waals surface area contributed by atoms with Gasteiger partial charge >= 0.3 is 0 Å². The third-order valence-corrected chi connectivity index (χ3v) is 5.53. The number of rotatable bonds is 5. The number of carbonyl (C=O) groups is 2. The van der Waals surface area contributed by atoms with Crippen LogP contribution in [0.1, 0.15) is 84.9 Å². The number of carbonyl (C=O) groups excluding carboxylic acids is 2. The Morgan fingerprint density at radius 3 is 1.56 bits per heavy atom. The molecule has 3 rings (SSSR count). The lowest BCUT2D eigenvalue weighted by atomic mass is 9.95. The maximum Gasteiger partial charge on any atom is 0.271 e. The quantitative estimate of drug-likeness (QED) is 0.606. The van der Waals surface area contributed by atoms with Gasteiger partial charge in [0.15, 0.2) is 0 Å². The van der Waals surface area contributed by atoms with Crippen molar-refractivity contribution in [2.75, 3.05) is 0 Å². The van der Waals surface area contributed by atoms with E-state index in [1.807, 2.05) is 0 Å². The second kappa shape index (κ2) is 8.97. The maximum absolute atomic E-state index is 12.6. The normalized spacial score (nSPS) is 18.7. The van der Waals surface area contributed by atoms with Crippen LogP contribution in [0.4, 0.5) is 5.69 Å². The average Bonchev–Trinajstić information content (AvgIpc) is 2.69. The Bertz CT molecular complexity index is 657. The zero-order chi connectivity index (χ0) is 19.2. The van der Waals surface area contributed by atoms with Crippen LogP contribution in [0.2, 0.25) is 0 Å². The van der Waals surface area contributed by atoms with E-state index < -0.39 is 4.92 Å². The van der Waals surface area contributed by atoms with Crippen LogP contribution >= 0.6 is 0 Å². The van der Waals surface area contributed by atoms with Gasteiger partial charge in [0.2, 0.25) is 0 Å². The van der Waals surface area contributed by atoms with Crippen molar-refractivity contribution >= 4 is 17.5 Å². The molecule has 2 amide bonds. The van der Waals surface area contributed by atoms with Crippen LogP contribution in [-0.4, -0.2) is 28.8 Å². The lowest BCUT2D eigenvalue weighted by Gasteiger charge is -2.23. The zero-order valence-corrected chi connectivity index (χ0v) is 15.5. The fourth-order valence-electron chi connectivity index (χ4n) is 4.01. The Balaban J connectivity index is 1.75. The second-order valence-electron chi connectivity index (χ2n) is 7.64. The van der Waals surface area contributed by atoms with E-state index in [2.05, 4.69) is 10.6 Å². The summed E-state index contributed by atoms with van der Waals surface area (Å²) in [5.41, 5.74) is 0.104. The second-order valence-corrected chi connectivity index (χ2v) is 7.64. The summed E-state index contributed by atoms with van der Waals surface area (Å²) in [4.78, 5) is 35.9. The molecular formula is C20H27N3O4. The van der Waals surface area contributed by atoms with Crippen LogP contribution in [0.15, 0.2) is 18.2 Å². The Hall–Kier alpha value is -2.44. The molecule has 1 aromatic carbocycles. The Morgan fingerprint density at radius 1 is 0.778 bits per heavy atom. The van der Waals surface area contributed by atoms with Gasteiger partial charge in [0.05, 0.1) is 4.92 Å². The smallest absolute Gasteiger partial charge is 0.271 e. The van der Waals surface area contributed by atoms with Gasteiger partial charge in [0, 0.05) is 35.3 Å². The summed E-state index contributed by atoms with van der Waals surface area (Å²) < 4.78 is 0. The molecule has 7 heteroatoms. The molecule has 0 radical (unpaired) electrons. The molecule has 2 fully saturated rings. The third-order valence-electron chi connectivity index (χ3n) is 5.53. The molecule has 0 bridgehead atoms. The molecule has 27 heavy (non-hydrogen) atoms. The standard InChI is InChI=1S/C20H27N3O4/c24-19(21-16-7-3-1-4-8-16)14-11-15(13-18(12-14)23(26)27)20(25)22-17-9-5-2-6-10-17/h11-13,16-17H,1-10H2,(H,21,24)(H,22,25). The number of nitrogens with zero attached hydrogens (tertiary/aromatic N) is 1. The molecule has 0 saturated heterocycles. The molecule has 0 heterocycles. The van der Waals surface area contributed by atoms with Crippen molar-refractivity contribution in [3.8, 4) is 0 Å². The highest BCUT2D eigenvalue weighted by Gasteiger charge is 2.22. The van der Waals surface area contributed by atoms with Gasteiger partial charge in [-0.15, -0.1) is 0 Å². The van der Waals surface area contributed by atoms with Gasteiger partial charge < -0.3 is 10.6 Å². The molecule has 2 N–H and O–H groups in total. The van der Waals surface area contributed by atoms with Crippen LogP contribution in [0.5, 0.6) is 0 Å². The van der Waals surface area contributed by atoms with Crippen LogP contribution in [0, 0.1) is 10.1 Å². The maximum atomic E-state index is 12.6. The predicted octanol–water partition coefficient (Wildman–Crippen LogP) is 3.72. The van der Waals surface area contributed by atoms with Crippen molar-refractivity contribution in [1.29, 1.82) is 0 Å². The predicted molar refractivity (Wildman–Crippen MR) is 102 cm³/mol. The summed E-state index contributed by atoms with van der Waals surface area (Å²) in [6, 6.07) is 4.16. The van der Waals surface area contributed by atoms with Gasteiger partial charge in [-0.25, -0.2) is 0 Å². The summed E-state index contributed by atoms with van der Waals surface area (Å²) >= 11 is 0. The third kappa shape index (κ3) is 5.28. The van der Waals surface area contributed by atoms with Gasteiger partial charge in [-0.05, 0) is 31.7 Å². The van der Waals surface area contributed by atoms with E-state index in [0.29, 0.717) is 0 Å². The molecule has 0 aliphatic heterocycles. The number of nitro benzene ring substituents is 1. The minimum atomic E-state index is -0.561. The average molecular weight is 373 g/mol. The number of hydrogen-bond donors (Lipinski definition) is 2. The molecule has 0 unspecified atom stereocenters. The van der Waals surface area contributed by atoms with Crippen molar-refractivity contribution in [1.82, 2.24) is 10.6 Å². The Kier molecular flexibility index (Phi) is 6.42. The summed E-state index contributed by atoms with van der Waals surface area (Å²) in [6.07, 6.45) is 10.4. The summed E-state index contributed by atoms with van der Waals surface area (Å²) in [6.45, 7) is 0. The lowest BCUT2D eigenvalue weighted by Crippen LogP contribution is -2.37. The zero-order valence-electron chi connectivity index (χ0n) is 15.5. The van der Waals surface area contributed by atoms with Crippen LogP contribution < -0.4 is 10.6 Å². The molecule has 7 nitrogen and oxygen atoms in total. The first-order chi connectivity index (χ1) is 13.0. The van der Waals surface area contributed by atoms with Gasteiger partial charge in [-0.3, -0.25) is 19.7 Å². The van der Waals surface area contributed by atoms with Gasteiger partial charge in [-0.1, -0.05) is 38.5 Å². The number of benzene rings is 1. The first-order valence-electron chi connectivity index (χ1n) is 9.94. The number of non-ortho nitro benzene ring substituents is 1. The van der Waals surface area contributed by atoms with E-state index in [-0.39, 0.29) is 40.7 Å². The molecule has 1 aromatic rings. The molecule has 2 aliphatic carbocycles. The summed E-state index contributed by atoms with van der Waals surface area (Å²) in [7, 11) is 0. The number of nitro groups is 1. The topological polar surface area (TPSA) is 101 Å². The van der Waals surface area contributed by atoms with Crippen LogP contribution in [-0.2, 0) is 0 Å². The van der Waals surface area contributed by atoms with E-state index >= 15 is 0 Å². The Morgan fingerprint density at radius 2 is 1.19 bits per heavy atom. The highest BCUT2D eigenvalue weighted by atomic mass is 16.6. The van der Waals surface area contributed by atoms with Crippen molar-refractivity contribution in [2.24, 2.45) is 0 Å². The largest absolute Gasteiger partial charge is 0.349 e. The van der Waals surface area contributed by atoms with Crippen molar-refractivity contribution in [2.45, 2.75) is 76.3 Å². The Labute approximate surface area is 159 Å². The van der Waals surface area contributed by atoms with E-state index in [9.17, 15) is 19.7 Å².